The number of fused-ring (bicyclic) bond motifs is 1. The normalized spacial score (nSPS) is 19.4. The van der Waals surface area contributed by atoms with Crippen LogP contribution in [0, 0.1) is 5.92 Å². The number of imidazole rings is 1. The molecule has 2 atom stereocenters. The van der Waals surface area contributed by atoms with E-state index in [-0.39, 0.29) is 17.7 Å². The summed E-state index contributed by atoms with van der Waals surface area (Å²) in [5.74, 6) is 1.45. The van der Waals surface area contributed by atoms with Crippen molar-refractivity contribution in [1.29, 1.82) is 0 Å². The van der Waals surface area contributed by atoms with E-state index in [9.17, 15) is 4.79 Å². The van der Waals surface area contributed by atoms with E-state index in [1.54, 1.807) is 6.20 Å². The Kier molecular flexibility index (Phi) is 5.03. The smallest absolute Gasteiger partial charge is 0.229 e. The molecule has 2 N–H and O–H groups in total. The molecule has 0 saturated heterocycles. The summed E-state index contributed by atoms with van der Waals surface area (Å²) in [6, 6.07) is 15.8. The van der Waals surface area contributed by atoms with Gasteiger partial charge in [-0.25, -0.2) is 9.97 Å². The molecular weight excluding hydrogens is 434 g/mol. The first kappa shape index (κ1) is 20.2. The van der Waals surface area contributed by atoms with Crippen LogP contribution >= 0.6 is 11.6 Å². The van der Waals surface area contributed by atoms with Crippen molar-refractivity contribution >= 4 is 34.7 Å². The number of pyridine rings is 2. The van der Waals surface area contributed by atoms with Gasteiger partial charge in [-0.3, -0.25) is 4.79 Å². The first-order chi connectivity index (χ1) is 16.1. The van der Waals surface area contributed by atoms with E-state index in [2.05, 4.69) is 44.5 Å². The van der Waals surface area contributed by atoms with Crippen LogP contribution in [0.15, 0.2) is 67.1 Å². The molecule has 6 rings (SSSR count). The van der Waals surface area contributed by atoms with Crippen LogP contribution in [0.5, 0.6) is 0 Å². The number of amides is 1. The highest BCUT2D eigenvalue weighted by molar-refractivity contribution is 6.30. The summed E-state index contributed by atoms with van der Waals surface area (Å²) < 4.78 is 2.11. The minimum absolute atomic E-state index is 0.00329. The fourth-order valence-corrected chi connectivity index (χ4v) is 4.61. The fourth-order valence-electron chi connectivity index (χ4n) is 4.42. The number of halogens is 1. The lowest BCUT2D eigenvalue weighted by Gasteiger charge is -2.08. The Morgan fingerprint density at radius 2 is 2.00 bits per heavy atom. The summed E-state index contributed by atoms with van der Waals surface area (Å²) >= 11 is 6.09. The van der Waals surface area contributed by atoms with Gasteiger partial charge in [-0.2, -0.15) is 0 Å². The Morgan fingerprint density at radius 3 is 2.85 bits per heavy atom. The number of carbonyl (C=O) groups excluding carboxylic acids is 1. The summed E-state index contributed by atoms with van der Waals surface area (Å²) in [5.41, 5.74) is 5.31. The monoisotopic (exact) mass is 457 g/mol. The molecule has 0 spiro atoms. The predicted octanol–water partition coefficient (Wildman–Crippen LogP) is 5.61. The summed E-state index contributed by atoms with van der Waals surface area (Å²) in [6.07, 6.45) is 9.37. The van der Waals surface area contributed by atoms with Gasteiger partial charge in [0.05, 0.1) is 12.2 Å². The Morgan fingerprint density at radius 1 is 1.09 bits per heavy atom. The van der Waals surface area contributed by atoms with E-state index in [0.717, 1.165) is 34.9 Å². The zero-order chi connectivity index (χ0) is 22.4. The van der Waals surface area contributed by atoms with Gasteiger partial charge in [0.2, 0.25) is 5.91 Å². The second kappa shape index (κ2) is 8.19. The van der Waals surface area contributed by atoms with E-state index in [4.69, 9.17) is 16.6 Å². The highest BCUT2D eigenvalue weighted by Gasteiger charge is 2.44. The van der Waals surface area contributed by atoms with Crippen LogP contribution < -0.4 is 10.6 Å². The summed E-state index contributed by atoms with van der Waals surface area (Å²) in [5, 5.41) is 7.05. The van der Waals surface area contributed by atoms with Gasteiger partial charge >= 0.3 is 0 Å². The van der Waals surface area contributed by atoms with Gasteiger partial charge in [0, 0.05) is 41.3 Å². The number of anilines is 2. The van der Waals surface area contributed by atoms with Crippen molar-refractivity contribution in [3.05, 3.63) is 89.0 Å². The summed E-state index contributed by atoms with van der Waals surface area (Å²) in [4.78, 5) is 21.7. The standard InChI is InChI=1S/C26H24ClN5O/c27-19-3-1-2-17(10-19)22-12-23(22)26(33)31-24-11-20(8-9-28-24)29-13-21-15-32-14-18(16-4-5-16)6-7-25(32)30-21/h1-3,6-11,14-16,22-23H,4-5,12-13H2,(H2,28,29,31,33)/t22?,23-/m0/s1. The Labute approximate surface area is 197 Å². The van der Waals surface area contributed by atoms with E-state index >= 15 is 0 Å². The largest absolute Gasteiger partial charge is 0.379 e. The molecule has 3 heterocycles. The number of hydrogen-bond acceptors (Lipinski definition) is 4. The molecule has 0 radical (unpaired) electrons. The van der Waals surface area contributed by atoms with Crippen molar-refractivity contribution in [2.24, 2.45) is 5.92 Å². The first-order valence-corrected chi connectivity index (χ1v) is 11.7. The Bertz CT molecular complexity index is 1350. The molecule has 0 bridgehead atoms. The third-order valence-corrected chi connectivity index (χ3v) is 6.70. The molecule has 2 saturated carbocycles. The van der Waals surface area contributed by atoms with Gasteiger partial charge in [-0.05, 0) is 66.5 Å². The van der Waals surface area contributed by atoms with Crippen LogP contribution in [0.4, 0.5) is 11.5 Å². The van der Waals surface area contributed by atoms with Gasteiger partial charge < -0.3 is 15.0 Å². The zero-order valence-electron chi connectivity index (χ0n) is 18.0. The molecule has 2 aliphatic carbocycles. The first-order valence-electron chi connectivity index (χ1n) is 11.4. The number of nitrogens with one attached hydrogen (secondary N) is 2. The maximum absolute atomic E-state index is 12.7. The molecule has 6 nitrogen and oxygen atoms in total. The second-order valence-electron chi connectivity index (χ2n) is 9.01. The van der Waals surface area contributed by atoms with Crippen molar-refractivity contribution < 1.29 is 4.79 Å². The molecule has 2 fully saturated rings. The molecule has 2 aliphatic rings. The van der Waals surface area contributed by atoms with Crippen LogP contribution in [0.25, 0.3) is 5.65 Å². The molecule has 166 valence electrons. The van der Waals surface area contributed by atoms with Crippen LogP contribution in [-0.4, -0.2) is 20.3 Å². The minimum atomic E-state index is -0.0413. The Hall–Kier alpha value is -3.38. The van der Waals surface area contributed by atoms with Crippen molar-refractivity contribution in [2.45, 2.75) is 37.6 Å². The van der Waals surface area contributed by atoms with Crippen LogP contribution in [0.3, 0.4) is 0 Å². The van der Waals surface area contributed by atoms with Crippen LogP contribution in [-0.2, 0) is 11.3 Å². The van der Waals surface area contributed by atoms with E-state index in [1.165, 1.54) is 18.4 Å². The number of nitrogens with zero attached hydrogens (tertiary/aromatic N) is 3. The van der Waals surface area contributed by atoms with Gasteiger partial charge in [-0.15, -0.1) is 0 Å². The number of aromatic nitrogens is 3. The quantitative estimate of drug-likeness (QED) is 0.378. The van der Waals surface area contributed by atoms with Crippen LogP contribution in [0.2, 0.25) is 5.02 Å². The average molecular weight is 458 g/mol. The van der Waals surface area contributed by atoms with Crippen molar-refractivity contribution in [3.63, 3.8) is 0 Å². The molecule has 0 aliphatic heterocycles. The third-order valence-electron chi connectivity index (χ3n) is 6.46. The molecular formula is C26H24ClN5O. The van der Waals surface area contributed by atoms with E-state index < -0.39 is 0 Å². The molecule has 1 aromatic carbocycles. The van der Waals surface area contributed by atoms with Gasteiger partial charge in [0.25, 0.3) is 0 Å². The molecule has 3 aromatic heterocycles. The van der Waals surface area contributed by atoms with E-state index in [0.29, 0.717) is 17.4 Å². The molecule has 33 heavy (non-hydrogen) atoms. The van der Waals surface area contributed by atoms with Gasteiger partial charge in [0.1, 0.15) is 11.5 Å². The lowest BCUT2D eigenvalue weighted by molar-refractivity contribution is -0.117. The van der Waals surface area contributed by atoms with Crippen molar-refractivity contribution in [3.8, 4) is 0 Å². The summed E-state index contributed by atoms with van der Waals surface area (Å²) in [6.45, 7) is 0.595. The maximum Gasteiger partial charge on any atom is 0.229 e. The Balaban J connectivity index is 1.08. The van der Waals surface area contributed by atoms with Crippen molar-refractivity contribution in [1.82, 2.24) is 14.4 Å². The third kappa shape index (κ3) is 4.44. The fraction of sp³-hybridized carbons (Fsp3) is 0.269. The van der Waals surface area contributed by atoms with Gasteiger partial charge in [0.15, 0.2) is 0 Å². The highest BCUT2D eigenvalue weighted by Crippen LogP contribution is 2.48. The summed E-state index contributed by atoms with van der Waals surface area (Å²) in [7, 11) is 0. The number of hydrogen-bond donors (Lipinski definition) is 2. The van der Waals surface area contributed by atoms with E-state index in [1.807, 2.05) is 36.4 Å². The minimum Gasteiger partial charge on any atom is -0.379 e. The second-order valence-corrected chi connectivity index (χ2v) is 9.45. The SMILES string of the molecule is O=C(Nc1cc(NCc2cn3cc(C4CC4)ccc3n2)ccn1)[C@H]1CC1c1cccc(Cl)c1. The van der Waals surface area contributed by atoms with Gasteiger partial charge in [-0.1, -0.05) is 29.8 Å². The lowest BCUT2D eigenvalue weighted by Crippen LogP contribution is -2.15. The lowest BCUT2D eigenvalue weighted by atomic mass is 10.1. The molecule has 7 heteroatoms. The molecule has 4 aromatic rings. The molecule has 1 unspecified atom stereocenters. The predicted molar refractivity (Wildman–Crippen MR) is 130 cm³/mol. The zero-order valence-corrected chi connectivity index (χ0v) is 18.8. The average Bonchev–Trinajstić information content (AvgIpc) is 3.74. The number of carbonyl (C=O) groups is 1. The number of rotatable bonds is 7. The number of benzene rings is 1. The maximum atomic E-state index is 12.7. The van der Waals surface area contributed by atoms with Crippen molar-refractivity contribution in [2.75, 3.05) is 10.6 Å². The topological polar surface area (TPSA) is 71.3 Å². The molecule has 1 amide bonds. The highest BCUT2D eigenvalue weighted by atomic mass is 35.5. The van der Waals surface area contributed by atoms with Crippen LogP contribution in [0.1, 0.15) is 47.9 Å².